The van der Waals surface area contributed by atoms with Crippen LogP contribution in [0.3, 0.4) is 0 Å². The van der Waals surface area contributed by atoms with E-state index >= 15 is 0 Å². The Kier molecular flexibility index (Phi) is 19.2. The molecule has 0 fully saturated rings. The first-order chi connectivity index (χ1) is 61.2. The molecule has 8 atom stereocenters. The van der Waals surface area contributed by atoms with Gasteiger partial charge >= 0.3 is 0 Å². The molecule has 14 aromatic rings. The van der Waals surface area contributed by atoms with Crippen LogP contribution in [0.25, 0.3) is 65.7 Å². The number of para-hydroxylation sites is 8. The van der Waals surface area contributed by atoms with Crippen molar-refractivity contribution in [1.29, 1.82) is 0 Å². The maximum Gasteiger partial charge on any atom is 0.159 e. The zero-order valence-corrected chi connectivity index (χ0v) is 77.2. The number of fused-ring (bicyclic) bond motifs is 18. The van der Waals surface area contributed by atoms with Crippen molar-refractivity contribution < 1.29 is 8.83 Å². The molecule has 20 nitrogen and oxygen atoms in total. The molecule has 10 aromatic carbocycles. The molecule has 0 saturated carbocycles. The maximum atomic E-state index is 6.62. The third-order valence-corrected chi connectivity index (χ3v) is 29.7. The number of furan rings is 2. The van der Waals surface area contributed by atoms with Gasteiger partial charge < -0.3 is 87.2 Å². The van der Waals surface area contributed by atoms with Gasteiger partial charge in [0.1, 0.15) is 60.5 Å². The van der Waals surface area contributed by atoms with Gasteiger partial charge in [-0.3, -0.25) is 0 Å². The van der Waals surface area contributed by atoms with Crippen molar-refractivity contribution in [2.45, 2.75) is 165 Å². The lowest BCUT2D eigenvalue weighted by Gasteiger charge is -2.41. The molecule has 20 heteroatoms. The monoisotopic (exact) mass is 1680 g/mol. The van der Waals surface area contributed by atoms with E-state index in [1.54, 1.807) is 11.1 Å². The summed E-state index contributed by atoms with van der Waals surface area (Å²) in [6.45, 7) is 29.4. The van der Waals surface area contributed by atoms with Crippen molar-refractivity contribution in [1.82, 2.24) is 29.6 Å². The molecule has 10 aliphatic heterocycles. The Hall–Kier alpha value is -13.6. The van der Waals surface area contributed by atoms with Crippen LogP contribution in [0, 0.1) is 34.6 Å². The molecule has 0 N–H and O–H groups in total. The predicted molar refractivity (Wildman–Crippen MR) is 530 cm³/mol. The number of aromatic nitrogens is 2. The summed E-state index contributed by atoms with van der Waals surface area (Å²) in [4.78, 5) is 48.2. The van der Waals surface area contributed by atoms with Crippen LogP contribution in [-0.4, -0.2) is 135 Å². The van der Waals surface area contributed by atoms with Crippen LogP contribution in [0.2, 0.25) is 0 Å². The number of nitrogens with zero attached hydrogens (tertiary/aromatic N) is 18. The molecule has 10 aliphatic rings. The first-order valence-corrected chi connectivity index (χ1v) is 45.3. The van der Waals surface area contributed by atoms with E-state index in [4.69, 9.17) is 18.8 Å². The lowest BCUT2D eigenvalue weighted by Crippen LogP contribution is -2.40. The second-order valence-corrected chi connectivity index (χ2v) is 36.7. The Morgan fingerprint density at radius 2 is 0.677 bits per heavy atom. The molecule has 0 aliphatic carbocycles. The average molecular weight is 1690 g/mol. The normalized spacial score (nSPS) is 21.1. The summed E-state index contributed by atoms with van der Waals surface area (Å²) < 4.78 is 13.0. The molecule has 0 spiro atoms. The molecule has 127 heavy (non-hydrogen) atoms. The van der Waals surface area contributed by atoms with Crippen LogP contribution in [0.4, 0.5) is 91.3 Å². The summed E-state index contributed by atoms with van der Waals surface area (Å²) >= 11 is 0. The summed E-state index contributed by atoms with van der Waals surface area (Å²) in [5.74, 6) is 2.04. The van der Waals surface area contributed by atoms with Crippen molar-refractivity contribution in [2.75, 3.05) is 115 Å². The van der Waals surface area contributed by atoms with E-state index in [0.29, 0.717) is 12.3 Å². The highest BCUT2D eigenvalue weighted by molar-refractivity contribution is 6.15. The number of pyridine rings is 2. The van der Waals surface area contributed by atoms with Crippen LogP contribution in [-0.2, 0) is 12.8 Å². The average Bonchev–Trinajstić information content (AvgIpc) is 1.59. The van der Waals surface area contributed by atoms with Crippen LogP contribution in [0.1, 0.15) is 107 Å². The van der Waals surface area contributed by atoms with Gasteiger partial charge in [-0.15, -0.1) is 0 Å². The van der Waals surface area contributed by atoms with Gasteiger partial charge in [0.15, 0.2) is 22.8 Å². The summed E-state index contributed by atoms with van der Waals surface area (Å²) in [5, 5.41) is 6.94. The molecule has 0 unspecified atom stereocenters. The highest BCUT2D eigenvalue weighted by Gasteiger charge is 2.44. The number of anilines is 16. The summed E-state index contributed by atoms with van der Waals surface area (Å²) in [5.41, 5.74) is 35.6. The van der Waals surface area contributed by atoms with Gasteiger partial charge in [-0.05, 0) is 228 Å². The van der Waals surface area contributed by atoms with Gasteiger partial charge in [0, 0.05) is 171 Å². The maximum absolute atomic E-state index is 6.62. The van der Waals surface area contributed by atoms with Crippen molar-refractivity contribution in [3.8, 4) is 0 Å². The molecule has 0 bridgehead atoms. The van der Waals surface area contributed by atoms with E-state index in [1.807, 2.05) is 12.1 Å². The molecule has 14 heterocycles. The third kappa shape index (κ3) is 12.4. The van der Waals surface area contributed by atoms with Gasteiger partial charge in [-0.1, -0.05) is 103 Å². The number of aryl methyl sites for hydroxylation is 3. The van der Waals surface area contributed by atoms with Crippen molar-refractivity contribution in [3.63, 3.8) is 0 Å². The third-order valence-electron chi connectivity index (χ3n) is 29.7. The van der Waals surface area contributed by atoms with Gasteiger partial charge in [0.2, 0.25) is 0 Å². The van der Waals surface area contributed by atoms with E-state index in [1.165, 1.54) is 109 Å². The standard InChI is InChI=1S/C32H32N6.C31H30N4O.C23H26N4O.C21H28N4/c1-19-15-27(37-21(3)35(5)31-29(37)17-23-11-7-9-13-25(23)33-31)20(2)28(16-19)38-22(4)36(6)32-30(38)18-24-12-8-10-14-26(24)34-32;1-19-28(34-20(2)32(4)24-13-7-9-15-26(24)34)18-23-22-12-6-11-17-29(22)36-31(23)30(19)35-21(3)33(5)25-14-8-10-16-27(25)35;1-15-20(26-12-10-24(4)16(26)2)14-19-18-8-6-7-9-21(18)28-23(19)22(15)27-13-11-25(5)17(27)3;1-13-20-16(6-8-18-11-22(4)14(2)24(18)20)10-17-7-9-19-12-23(5)15(3)25(19)21(13)17/h7-18,21-22H,1-6H3;6-18,20-21H,1-5H3;6-14,16-17H,1-5H3;10-12,14-15H,6-9H2,1-5H3/t21-,22+;20-,21+;16-,17+;14-,15+/m.11./s1. The molecule has 646 valence electrons. The number of allylic oxidation sites excluding steroid dienone is 2. The molecule has 0 saturated heterocycles. The lowest BCUT2D eigenvalue weighted by molar-refractivity contribution is 0.378. The Morgan fingerprint density at radius 1 is 0.283 bits per heavy atom. The topological polar surface area (TPSA) is 104 Å². The Bertz CT molecular complexity index is 6770. The fraction of sp³-hybridized carbons (Fsp3) is 0.308. The van der Waals surface area contributed by atoms with E-state index < -0.39 is 0 Å². The van der Waals surface area contributed by atoms with Gasteiger partial charge in [-0.25, -0.2) is 9.97 Å². The van der Waals surface area contributed by atoms with Crippen LogP contribution in [0.5, 0.6) is 0 Å². The van der Waals surface area contributed by atoms with Crippen molar-refractivity contribution in [3.05, 3.63) is 276 Å². The Labute approximate surface area is 746 Å². The molecule has 0 amide bonds. The molecular formula is C107H116N18O2. The Morgan fingerprint density at radius 3 is 1.17 bits per heavy atom. The van der Waals surface area contributed by atoms with E-state index in [9.17, 15) is 0 Å². The second kappa shape index (κ2) is 30.3. The van der Waals surface area contributed by atoms with Crippen LogP contribution in [0.15, 0.2) is 245 Å². The molecular weight excluding hydrogens is 1570 g/mol. The zero-order valence-electron chi connectivity index (χ0n) is 77.2. The summed E-state index contributed by atoms with van der Waals surface area (Å²) in [6.07, 6.45) is 19.9. The summed E-state index contributed by atoms with van der Waals surface area (Å²) in [6, 6.07) is 67.2. The van der Waals surface area contributed by atoms with Crippen molar-refractivity contribution in [2.24, 2.45) is 0 Å². The van der Waals surface area contributed by atoms with E-state index in [-0.39, 0.29) is 37.0 Å². The minimum atomic E-state index is 0.138. The smallest absolute Gasteiger partial charge is 0.159 e. The van der Waals surface area contributed by atoms with E-state index in [2.05, 4.69) is 438 Å². The molecule has 4 aromatic heterocycles. The minimum absolute atomic E-state index is 0.138. The fourth-order valence-electron chi connectivity index (χ4n) is 21.8. The number of hydrogen-bond donors (Lipinski definition) is 0. The quantitative estimate of drug-likeness (QED) is 0.158. The summed E-state index contributed by atoms with van der Waals surface area (Å²) in [7, 11) is 17.2. The molecule has 0 radical (unpaired) electrons. The Balaban J connectivity index is 0.000000104. The molecule has 24 rings (SSSR count). The number of rotatable bonds is 6. The fourth-order valence-corrected chi connectivity index (χ4v) is 21.8. The lowest BCUT2D eigenvalue weighted by atomic mass is 9.88. The van der Waals surface area contributed by atoms with E-state index in [0.717, 1.165) is 113 Å². The number of hydrogen-bond acceptors (Lipinski definition) is 20. The van der Waals surface area contributed by atoms with Gasteiger partial charge in [0.25, 0.3) is 0 Å². The SMILES string of the molecule is Cc1c(N2C=CN(C)[C@H]2C)cc2c(oc3ccccc32)c1N1C=CN(C)[C@@H]1C.Cc1c(N2c3ccccc3N(C)[C@H]2C)cc2c(oc3ccccc32)c1N1c2ccccc2N(C)[C@@H]1C.Cc1c2c(cc3c1N1C(=CN(C)[C@@H]1C)CC3)CCC1=CN(C)[C@@H](C)N12.Cc1cc(N2c3cc4ccccc4nc3N(C)[C@H]2C)c(C)c(N2c3cc4ccccc4nc3N(C)[C@@H]2C)c1. The highest BCUT2D eigenvalue weighted by atomic mass is 16.3. The zero-order chi connectivity index (χ0) is 88.0. The first kappa shape index (κ1) is 80.5. The minimum Gasteiger partial charge on any atom is -0.454 e. The van der Waals surface area contributed by atoms with Crippen LogP contribution < -0.4 is 58.8 Å². The first-order valence-electron chi connectivity index (χ1n) is 45.3. The second-order valence-electron chi connectivity index (χ2n) is 36.7. The largest absolute Gasteiger partial charge is 0.454 e. The van der Waals surface area contributed by atoms with Gasteiger partial charge in [-0.2, -0.15) is 0 Å². The van der Waals surface area contributed by atoms with Crippen LogP contribution >= 0.6 is 0 Å². The number of benzene rings is 10. The van der Waals surface area contributed by atoms with Gasteiger partial charge in [0.05, 0.1) is 67.9 Å². The highest BCUT2D eigenvalue weighted by Crippen LogP contribution is 2.57. The van der Waals surface area contributed by atoms with Crippen molar-refractivity contribution >= 4 is 157 Å². The predicted octanol–water partition coefficient (Wildman–Crippen LogP) is 23.8.